The molecule has 2 heterocycles. The Hall–Kier alpha value is -2.69. The zero-order valence-corrected chi connectivity index (χ0v) is 12.0. The van der Waals surface area contributed by atoms with E-state index in [2.05, 4.69) is 0 Å². The van der Waals surface area contributed by atoms with Gasteiger partial charge in [0.25, 0.3) is 5.95 Å². The van der Waals surface area contributed by atoms with Crippen molar-refractivity contribution in [3.8, 4) is 11.7 Å². The van der Waals surface area contributed by atoms with Gasteiger partial charge in [-0.3, -0.25) is 0 Å². The number of aromatic hydroxyl groups is 1. The first kappa shape index (κ1) is 13.0. The molecule has 1 aromatic heterocycles. The average Bonchev–Trinajstić information content (AvgIpc) is 2.94. The van der Waals surface area contributed by atoms with Gasteiger partial charge < -0.3 is 19.0 Å². The molecule has 1 N–H and O–H groups in total. The number of carbonyl (C=O) groups is 1. The molecular weight excluding hydrogens is 284 g/mol. The summed E-state index contributed by atoms with van der Waals surface area (Å²) in [5, 5.41) is 12.5. The van der Waals surface area contributed by atoms with E-state index in [0.717, 1.165) is 23.8 Å². The Kier molecular flexibility index (Phi) is 2.76. The fourth-order valence-electron chi connectivity index (χ4n) is 3.10. The molecule has 112 valence electrons. The summed E-state index contributed by atoms with van der Waals surface area (Å²) in [7, 11) is 1.30. The monoisotopic (exact) mass is 298 g/mol. The molecule has 0 saturated heterocycles. The van der Waals surface area contributed by atoms with Crippen molar-refractivity contribution < 1.29 is 23.8 Å². The van der Waals surface area contributed by atoms with E-state index in [1.807, 2.05) is 12.1 Å². The summed E-state index contributed by atoms with van der Waals surface area (Å²) in [5.74, 6) is -0.228. The zero-order valence-electron chi connectivity index (χ0n) is 12.0. The molecule has 0 unspecified atom stereocenters. The molecule has 5 nitrogen and oxygen atoms in total. The van der Waals surface area contributed by atoms with Crippen LogP contribution < -0.4 is 4.74 Å². The number of esters is 1. The van der Waals surface area contributed by atoms with E-state index in [4.69, 9.17) is 13.9 Å². The van der Waals surface area contributed by atoms with Crippen LogP contribution in [0, 0.1) is 0 Å². The quantitative estimate of drug-likeness (QED) is 0.697. The minimum atomic E-state index is -0.581. The molecule has 0 radical (unpaired) electrons. The van der Waals surface area contributed by atoms with E-state index in [1.54, 1.807) is 12.1 Å². The largest absolute Gasteiger partial charge is 0.506 e. The third-order valence-electron chi connectivity index (χ3n) is 4.08. The van der Waals surface area contributed by atoms with Gasteiger partial charge in [0, 0.05) is 21.7 Å². The third kappa shape index (κ3) is 1.62. The molecule has 0 aliphatic carbocycles. The van der Waals surface area contributed by atoms with Crippen LogP contribution in [0.2, 0.25) is 0 Å². The number of ether oxygens (including phenoxy) is 2. The Morgan fingerprint density at radius 2 is 2.05 bits per heavy atom. The van der Waals surface area contributed by atoms with Gasteiger partial charge in [0.05, 0.1) is 13.7 Å². The van der Waals surface area contributed by atoms with Crippen molar-refractivity contribution in [1.29, 1.82) is 0 Å². The zero-order chi connectivity index (χ0) is 15.3. The predicted octanol–water partition coefficient (Wildman–Crippen LogP) is 3.40. The topological polar surface area (TPSA) is 68.9 Å². The third-order valence-corrected chi connectivity index (χ3v) is 4.08. The maximum Gasteiger partial charge on any atom is 0.342 e. The highest BCUT2D eigenvalue weighted by atomic mass is 16.6. The number of phenolic OH excluding ortho intramolecular Hbond substituents is 1. The van der Waals surface area contributed by atoms with Gasteiger partial charge in [0.1, 0.15) is 16.9 Å². The number of methoxy groups -OCH3 is 1. The van der Waals surface area contributed by atoms with Crippen LogP contribution in [0.4, 0.5) is 0 Å². The van der Waals surface area contributed by atoms with Crippen molar-refractivity contribution >= 4 is 27.7 Å². The van der Waals surface area contributed by atoms with Crippen molar-refractivity contribution in [2.75, 3.05) is 13.7 Å². The van der Waals surface area contributed by atoms with Crippen LogP contribution in [0.25, 0.3) is 21.7 Å². The van der Waals surface area contributed by atoms with Gasteiger partial charge in [-0.2, -0.15) is 0 Å². The lowest BCUT2D eigenvalue weighted by molar-refractivity contribution is 0.0600. The molecule has 3 aromatic rings. The number of carbonyl (C=O) groups excluding carboxylic acids is 1. The normalized spacial score (nSPS) is 13.9. The second-order valence-corrected chi connectivity index (χ2v) is 5.28. The van der Waals surface area contributed by atoms with Crippen LogP contribution in [-0.2, 0) is 11.2 Å². The second-order valence-electron chi connectivity index (χ2n) is 5.28. The SMILES string of the molecule is COC(=O)c1c(O)c2ccccc2c2oc3c(c12)CCCO3. The number of hydrogen-bond donors (Lipinski definition) is 1. The molecule has 1 aliphatic heterocycles. The number of aryl methyl sites for hydroxylation is 1. The Morgan fingerprint density at radius 1 is 1.27 bits per heavy atom. The Balaban J connectivity index is 2.24. The lowest BCUT2D eigenvalue weighted by Gasteiger charge is -2.12. The van der Waals surface area contributed by atoms with E-state index >= 15 is 0 Å². The van der Waals surface area contributed by atoms with Gasteiger partial charge in [0.2, 0.25) is 0 Å². The molecule has 0 fully saturated rings. The summed E-state index contributed by atoms with van der Waals surface area (Å²) in [5.41, 5.74) is 1.52. The fraction of sp³-hybridized carbons (Fsp3) is 0.235. The molecular formula is C17H14O5. The fourth-order valence-corrected chi connectivity index (χ4v) is 3.10. The van der Waals surface area contributed by atoms with Crippen molar-refractivity contribution in [1.82, 2.24) is 0 Å². The van der Waals surface area contributed by atoms with Crippen molar-refractivity contribution in [2.24, 2.45) is 0 Å². The van der Waals surface area contributed by atoms with Crippen LogP contribution in [-0.4, -0.2) is 24.8 Å². The minimum Gasteiger partial charge on any atom is -0.506 e. The number of hydrogen-bond acceptors (Lipinski definition) is 5. The molecule has 0 spiro atoms. The molecule has 0 saturated carbocycles. The molecule has 22 heavy (non-hydrogen) atoms. The van der Waals surface area contributed by atoms with Gasteiger partial charge >= 0.3 is 5.97 Å². The Bertz CT molecular complexity index is 906. The Labute approximate surface area is 126 Å². The van der Waals surface area contributed by atoms with E-state index in [0.29, 0.717) is 28.9 Å². The van der Waals surface area contributed by atoms with Gasteiger partial charge in [-0.05, 0) is 12.8 Å². The number of benzene rings is 2. The Morgan fingerprint density at radius 3 is 2.82 bits per heavy atom. The lowest BCUT2D eigenvalue weighted by atomic mass is 9.96. The van der Waals surface area contributed by atoms with Crippen molar-refractivity contribution in [2.45, 2.75) is 12.8 Å². The summed E-state index contributed by atoms with van der Waals surface area (Å²) >= 11 is 0. The van der Waals surface area contributed by atoms with E-state index in [9.17, 15) is 9.90 Å². The summed E-state index contributed by atoms with van der Waals surface area (Å²) < 4.78 is 16.3. The molecule has 0 bridgehead atoms. The van der Waals surface area contributed by atoms with Crippen LogP contribution in [0.15, 0.2) is 28.7 Å². The summed E-state index contributed by atoms with van der Waals surface area (Å²) in [6.07, 6.45) is 1.58. The minimum absolute atomic E-state index is 0.0795. The highest BCUT2D eigenvalue weighted by Crippen LogP contribution is 2.45. The molecule has 0 amide bonds. The van der Waals surface area contributed by atoms with E-state index < -0.39 is 5.97 Å². The van der Waals surface area contributed by atoms with Crippen molar-refractivity contribution in [3.63, 3.8) is 0 Å². The smallest absolute Gasteiger partial charge is 0.342 e. The first-order valence-electron chi connectivity index (χ1n) is 7.12. The second kappa shape index (κ2) is 4.66. The van der Waals surface area contributed by atoms with Gasteiger partial charge in [-0.25, -0.2) is 4.79 Å². The molecule has 2 aromatic carbocycles. The summed E-state index contributed by atoms with van der Waals surface area (Å²) in [6, 6.07) is 7.27. The molecule has 5 heteroatoms. The lowest BCUT2D eigenvalue weighted by Crippen LogP contribution is -2.08. The maximum atomic E-state index is 12.2. The standard InChI is InChI=1S/C17H14O5/c1-20-16(19)13-12-11-7-4-8-21-17(11)22-15(12)10-6-3-2-5-9(10)14(13)18/h2-3,5-6,18H,4,7-8H2,1H3. The number of rotatable bonds is 1. The predicted molar refractivity (Wildman–Crippen MR) is 80.5 cm³/mol. The van der Waals surface area contributed by atoms with Crippen LogP contribution >= 0.6 is 0 Å². The summed E-state index contributed by atoms with van der Waals surface area (Å²) in [4.78, 5) is 12.2. The van der Waals surface area contributed by atoms with Crippen LogP contribution in [0.3, 0.4) is 0 Å². The first-order valence-corrected chi connectivity index (χ1v) is 7.12. The van der Waals surface area contributed by atoms with Gasteiger partial charge in [-0.1, -0.05) is 24.3 Å². The number of furan rings is 1. The number of fused-ring (bicyclic) bond motifs is 5. The van der Waals surface area contributed by atoms with Crippen molar-refractivity contribution in [3.05, 3.63) is 35.4 Å². The first-order chi connectivity index (χ1) is 10.7. The highest BCUT2D eigenvalue weighted by Gasteiger charge is 2.29. The van der Waals surface area contributed by atoms with Crippen LogP contribution in [0.1, 0.15) is 22.3 Å². The number of phenols is 1. The van der Waals surface area contributed by atoms with E-state index in [1.165, 1.54) is 7.11 Å². The van der Waals surface area contributed by atoms with E-state index in [-0.39, 0.29) is 11.3 Å². The summed E-state index contributed by atoms with van der Waals surface area (Å²) in [6.45, 7) is 0.588. The maximum absolute atomic E-state index is 12.2. The van der Waals surface area contributed by atoms with Gasteiger partial charge in [-0.15, -0.1) is 0 Å². The molecule has 4 rings (SSSR count). The molecule has 0 atom stereocenters. The van der Waals surface area contributed by atoms with Gasteiger partial charge in [0.15, 0.2) is 0 Å². The molecule has 1 aliphatic rings. The van der Waals surface area contributed by atoms with Crippen LogP contribution in [0.5, 0.6) is 11.7 Å². The highest BCUT2D eigenvalue weighted by molar-refractivity contribution is 6.19. The average molecular weight is 298 g/mol.